The maximum atomic E-state index is 13.1. The van der Waals surface area contributed by atoms with Gasteiger partial charge in [0.15, 0.2) is 0 Å². The van der Waals surface area contributed by atoms with E-state index < -0.39 is 0 Å². The number of thiazole rings is 1. The summed E-state index contributed by atoms with van der Waals surface area (Å²) < 4.78 is 15.0. The lowest BCUT2D eigenvalue weighted by atomic mass is 10.2. The van der Waals surface area contributed by atoms with E-state index in [1.807, 2.05) is 16.3 Å². The number of hydrogen-bond acceptors (Lipinski definition) is 4. The number of rotatable bonds is 5. The Morgan fingerprint density at radius 2 is 2.08 bits per heavy atom. The normalized spacial score (nSPS) is 13.2. The number of hydrogen-bond donors (Lipinski definition) is 0. The van der Waals surface area contributed by atoms with E-state index in [9.17, 15) is 9.18 Å². The van der Waals surface area contributed by atoms with Crippen LogP contribution in [0.25, 0.3) is 0 Å². The van der Waals surface area contributed by atoms with E-state index in [0.717, 1.165) is 34.7 Å². The maximum Gasteiger partial charge on any atom is 0.273 e. The second-order valence-corrected chi connectivity index (χ2v) is 7.38. The van der Waals surface area contributed by atoms with Crippen molar-refractivity contribution in [2.75, 3.05) is 0 Å². The minimum absolute atomic E-state index is 0.0341. The summed E-state index contributed by atoms with van der Waals surface area (Å²) in [5.41, 5.74) is 3.60. The highest BCUT2D eigenvalue weighted by atomic mass is 32.1. The van der Waals surface area contributed by atoms with Gasteiger partial charge in [0.2, 0.25) is 0 Å². The molecule has 0 aliphatic carbocycles. The number of aromatic nitrogens is 3. The van der Waals surface area contributed by atoms with Crippen molar-refractivity contribution in [2.45, 2.75) is 39.4 Å². The molecular formula is C19H19FN4OS. The van der Waals surface area contributed by atoms with Gasteiger partial charge in [-0.15, -0.1) is 11.3 Å². The van der Waals surface area contributed by atoms with Gasteiger partial charge in [-0.25, -0.2) is 9.37 Å². The van der Waals surface area contributed by atoms with Crippen molar-refractivity contribution in [3.63, 3.8) is 0 Å². The minimum atomic E-state index is -0.248. The summed E-state index contributed by atoms with van der Waals surface area (Å²) in [5, 5.41) is 7.28. The van der Waals surface area contributed by atoms with Crippen molar-refractivity contribution in [1.29, 1.82) is 0 Å². The summed E-state index contributed by atoms with van der Waals surface area (Å²) in [6.45, 7) is 3.75. The van der Waals surface area contributed by atoms with Gasteiger partial charge in [-0.05, 0) is 30.5 Å². The van der Waals surface area contributed by atoms with Crippen LogP contribution in [0, 0.1) is 5.82 Å². The van der Waals surface area contributed by atoms with Crippen LogP contribution in [0.2, 0.25) is 0 Å². The van der Waals surface area contributed by atoms with Crippen molar-refractivity contribution in [1.82, 2.24) is 19.7 Å². The Balaban J connectivity index is 1.48. The Morgan fingerprint density at radius 1 is 1.27 bits per heavy atom. The zero-order valence-electron chi connectivity index (χ0n) is 14.5. The molecule has 2 aromatic heterocycles. The molecule has 0 unspecified atom stereocenters. The molecule has 134 valence electrons. The number of amides is 1. The Morgan fingerprint density at radius 3 is 2.85 bits per heavy atom. The van der Waals surface area contributed by atoms with Gasteiger partial charge >= 0.3 is 0 Å². The lowest BCUT2D eigenvalue weighted by Gasteiger charge is -2.15. The van der Waals surface area contributed by atoms with Gasteiger partial charge in [0, 0.05) is 17.5 Å². The molecule has 0 saturated carbocycles. The monoisotopic (exact) mass is 370 g/mol. The first-order chi connectivity index (χ1) is 12.6. The topological polar surface area (TPSA) is 51.0 Å². The van der Waals surface area contributed by atoms with Gasteiger partial charge in [0.1, 0.15) is 11.5 Å². The molecule has 5 nitrogen and oxygen atoms in total. The van der Waals surface area contributed by atoms with Crippen LogP contribution >= 0.6 is 11.3 Å². The van der Waals surface area contributed by atoms with Crippen molar-refractivity contribution < 1.29 is 9.18 Å². The molecule has 1 aromatic carbocycles. The quantitative estimate of drug-likeness (QED) is 0.689. The third-order valence-corrected chi connectivity index (χ3v) is 5.41. The first kappa shape index (κ1) is 16.9. The van der Waals surface area contributed by atoms with Crippen LogP contribution in [0.3, 0.4) is 0 Å². The Bertz CT molecular complexity index is 931. The summed E-state index contributed by atoms with van der Waals surface area (Å²) in [4.78, 5) is 19.0. The molecule has 1 aliphatic heterocycles. The standard InChI is InChI=1S/C19H19FN4OS/c1-2-3-18-22-16(12-26-18)19(25)23-10-14-8-21-24(17(14)11-23)9-13-4-6-15(20)7-5-13/h4-8,12H,2-3,9-11H2,1H3. The number of carbonyl (C=O) groups is 1. The molecule has 3 heterocycles. The first-order valence-corrected chi connectivity index (χ1v) is 9.53. The Kier molecular flexibility index (Phi) is 4.55. The molecule has 0 spiro atoms. The second-order valence-electron chi connectivity index (χ2n) is 6.44. The number of nitrogens with zero attached hydrogens (tertiary/aromatic N) is 4. The number of benzene rings is 1. The second kappa shape index (κ2) is 6.99. The van der Waals surface area contributed by atoms with Crippen LogP contribution in [0.4, 0.5) is 4.39 Å². The Labute approximate surface area is 155 Å². The molecule has 7 heteroatoms. The molecular weight excluding hydrogens is 351 g/mol. The van der Waals surface area contributed by atoms with Gasteiger partial charge in [0.05, 0.1) is 30.0 Å². The average molecular weight is 370 g/mol. The van der Waals surface area contributed by atoms with Gasteiger partial charge < -0.3 is 4.90 Å². The van der Waals surface area contributed by atoms with Crippen molar-refractivity contribution in [2.24, 2.45) is 0 Å². The third-order valence-electron chi connectivity index (χ3n) is 4.50. The fourth-order valence-electron chi connectivity index (χ4n) is 3.15. The van der Waals surface area contributed by atoms with E-state index in [1.165, 1.54) is 12.1 Å². The molecule has 1 amide bonds. The fraction of sp³-hybridized carbons (Fsp3) is 0.316. The van der Waals surface area contributed by atoms with E-state index in [-0.39, 0.29) is 11.7 Å². The number of aryl methyl sites for hydroxylation is 1. The SMILES string of the molecule is CCCc1nc(C(=O)N2Cc3cnn(Cc4ccc(F)cc4)c3C2)cs1. The van der Waals surface area contributed by atoms with Crippen LogP contribution in [0.15, 0.2) is 35.8 Å². The van der Waals surface area contributed by atoms with E-state index in [1.54, 1.807) is 28.4 Å². The van der Waals surface area contributed by atoms with Gasteiger partial charge in [-0.1, -0.05) is 19.1 Å². The maximum absolute atomic E-state index is 13.1. The molecule has 0 atom stereocenters. The van der Waals surface area contributed by atoms with Gasteiger partial charge in [0.25, 0.3) is 5.91 Å². The van der Waals surface area contributed by atoms with Crippen LogP contribution < -0.4 is 0 Å². The molecule has 26 heavy (non-hydrogen) atoms. The number of halogens is 1. The van der Waals surface area contributed by atoms with Crippen LogP contribution in [-0.2, 0) is 26.1 Å². The van der Waals surface area contributed by atoms with Crippen molar-refractivity contribution >= 4 is 17.2 Å². The zero-order chi connectivity index (χ0) is 18.1. The molecule has 0 bridgehead atoms. The van der Waals surface area contributed by atoms with Crippen LogP contribution in [-0.4, -0.2) is 25.6 Å². The third kappa shape index (κ3) is 3.26. The van der Waals surface area contributed by atoms with E-state index in [2.05, 4.69) is 17.0 Å². The smallest absolute Gasteiger partial charge is 0.273 e. The summed E-state index contributed by atoms with van der Waals surface area (Å²) >= 11 is 1.55. The molecule has 0 fully saturated rings. The lowest BCUT2D eigenvalue weighted by molar-refractivity contribution is 0.0743. The van der Waals surface area contributed by atoms with Crippen LogP contribution in [0.5, 0.6) is 0 Å². The largest absolute Gasteiger partial charge is 0.327 e. The highest BCUT2D eigenvalue weighted by Crippen LogP contribution is 2.25. The number of fused-ring (bicyclic) bond motifs is 1. The molecule has 1 aliphatic rings. The minimum Gasteiger partial charge on any atom is -0.327 e. The van der Waals surface area contributed by atoms with Crippen molar-refractivity contribution in [3.8, 4) is 0 Å². The highest BCUT2D eigenvalue weighted by Gasteiger charge is 2.29. The molecule has 3 aromatic rings. The summed E-state index contributed by atoms with van der Waals surface area (Å²) in [6, 6.07) is 6.41. The predicted octanol–water partition coefficient (Wildman–Crippen LogP) is 3.64. The van der Waals surface area contributed by atoms with Gasteiger partial charge in [-0.2, -0.15) is 5.10 Å². The predicted molar refractivity (Wildman–Crippen MR) is 97.4 cm³/mol. The molecule has 0 saturated heterocycles. The van der Waals surface area contributed by atoms with E-state index >= 15 is 0 Å². The Hall–Kier alpha value is -2.54. The zero-order valence-corrected chi connectivity index (χ0v) is 15.3. The average Bonchev–Trinajstić information content (AvgIpc) is 3.34. The molecule has 0 radical (unpaired) electrons. The van der Waals surface area contributed by atoms with Gasteiger partial charge in [-0.3, -0.25) is 9.48 Å². The molecule has 4 rings (SSSR count). The highest BCUT2D eigenvalue weighted by molar-refractivity contribution is 7.09. The van der Waals surface area contributed by atoms with E-state index in [0.29, 0.717) is 25.3 Å². The first-order valence-electron chi connectivity index (χ1n) is 8.65. The van der Waals surface area contributed by atoms with E-state index in [4.69, 9.17) is 0 Å². The summed E-state index contributed by atoms with van der Waals surface area (Å²) in [5.74, 6) is -0.282. The lowest BCUT2D eigenvalue weighted by Crippen LogP contribution is -2.26. The van der Waals surface area contributed by atoms with Crippen LogP contribution in [0.1, 0.15) is 45.7 Å². The fourth-order valence-corrected chi connectivity index (χ4v) is 4.02. The van der Waals surface area contributed by atoms with Crippen molar-refractivity contribution in [3.05, 3.63) is 69.2 Å². The summed E-state index contributed by atoms with van der Waals surface area (Å²) in [7, 11) is 0. The number of carbonyl (C=O) groups excluding carboxylic acids is 1. The summed E-state index contributed by atoms with van der Waals surface area (Å²) in [6.07, 6.45) is 3.75. The molecule has 0 N–H and O–H groups in total.